The quantitative estimate of drug-likeness (QED) is 0.859. The van der Waals surface area contributed by atoms with Gasteiger partial charge in [-0.1, -0.05) is 0 Å². The highest BCUT2D eigenvalue weighted by atomic mass is 16.5. The topological polar surface area (TPSA) is 60.6 Å². The van der Waals surface area contributed by atoms with Crippen LogP contribution >= 0.6 is 0 Å². The first kappa shape index (κ1) is 13.7. The smallest absolute Gasteiger partial charge is 0.232 e. The Bertz CT molecular complexity index is 596. The first-order valence-electron chi connectivity index (χ1n) is 7.63. The van der Waals surface area contributed by atoms with Gasteiger partial charge in [0.1, 0.15) is 11.9 Å². The molecule has 2 fully saturated rings. The number of furan rings is 1. The normalized spacial score (nSPS) is 24.1. The van der Waals surface area contributed by atoms with Crippen LogP contribution in [-0.2, 0) is 11.3 Å². The van der Waals surface area contributed by atoms with E-state index in [0.29, 0.717) is 5.88 Å². The summed E-state index contributed by atoms with van der Waals surface area (Å²) in [5.41, 5.74) is -0.0717. The minimum absolute atomic E-state index is 0.0717. The molecule has 0 bridgehead atoms. The molecule has 4 heterocycles. The maximum Gasteiger partial charge on any atom is 0.232 e. The molecule has 2 saturated heterocycles. The van der Waals surface area contributed by atoms with Crippen LogP contribution < -0.4 is 4.74 Å². The maximum absolute atomic E-state index is 6.03. The molecule has 22 heavy (non-hydrogen) atoms. The van der Waals surface area contributed by atoms with Crippen molar-refractivity contribution in [1.29, 1.82) is 0 Å². The number of likely N-dealkylation sites (tertiary alicyclic amines) is 1. The first-order valence-corrected chi connectivity index (χ1v) is 7.63. The van der Waals surface area contributed by atoms with Crippen LogP contribution in [0.15, 0.2) is 41.4 Å². The van der Waals surface area contributed by atoms with E-state index in [9.17, 15) is 0 Å². The van der Waals surface area contributed by atoms with Crippen LogP contribution in [0.5, 0.6) is 5.88 Å². The summed E-state index contributed by atoms with van der Waals surface area (Å²) in [6.07, 6.45) is 8.62. The van der Waals surface area contributed by atoms with Gasteiger partial charge in [0.2, 0.25) is 5.88 Å². The molecule has 6 heteroatoms. The van der Waals surface area contributed by atoms with Crippen LogP contribution in [0.1, 0.15) is 18.6 Å². The molecule has 0 saturated carbocycles. The Hall–Kier alpha value is -1.92. The van der Waals surface area contributed by atoms with E-state index in [4.69, 9.17) is 13.9 Å². The van der Waals surface area contributed by atoms with E-state index in [0.717, 1.165) is 44.8 Å². The van der Waals surface area contributed by atoms with Crippen molar-refractivity contribution < 1.29 is 13.9 Å². The molecule has 2 aliphatic rings. The predicted octanol–water partition coefficient (Wildman–Crippen LogP) is 1.88. The van der Waals surface area contributed by atoms with Crippen molar-refractivity contribution in [3.8, 4) is 5.88 Å². The highest BCUT2D eigenvalue weighted by molar-refractivity contribution is 5.07. The molecular weight excluding hydrogens is 282 g/mol. The van der Waals surface area contributed by atoms with Gasteiger partial charge in [0.15, 0.2) is 0 Å². The lowest BCUT2D eigenvalue weighted by molar-refractivity contribution is -0.189. The zero-order valence-corrected chi connectivity index (χ0v) is 12.4. The van der Waals surface area contributed by atoms with Crippen molar-refractivity contribution in [2.75, 3.05) is 19.7 Å². The second kappa shape index (κ2) is 5.70. The Morgan fingerprint density at radius 3 is 3.09 bits per heavy atom. The minimum Gasteiger partial charge on any atom is -0.473 e. The number of aromatic nitrogens is 2. The van der Waals surface area contributed by atoms with Gasteiger partial charge in [-0.3, -0.25) is 9.88 Å². The van der Waals surface area contributed by atoms with Gasteiger partial charge >= 0.3 is 0 Å². The molecule has 6 nitrogen and oxygen atoms in total. The fourth-order valence-corrected chi connectivity index (χ4v) is 3.32. The van der Waals surface area contributed by atoms with E-state index in [1.807, 2.05) is 12.1 Å². The van der Waals surface area contributed by atoms with E-state index in [-0.39, 0.29) is 11.7 Å². The van der Waals surface area contributed by atoms with Crippen molar-refractivity contribution in [3.63, 3.8) is 0 Å². The lowest BCUT2D eigenvalue weighted by Crippen LogP contribution is -2.65. The molecule has 0 radical (unpaired) electrons. The van der Waals surface area contributed by atoms with Crippen molar-refractivity contribution in [2.45, 2.75) is 31.1 Å². The van der Waals surface area contributed by atoms with Crippen LogP contribution in [0.4, 0.5) is 0 Å². The van der Waals surface area contributed by atoms with E-state index >= 15 is 0 Å². The van der Waals surface area contributed by atoms with Gasteiger partial charge in [-0.05, 0) is 12.1 Å². The standard InChI is InChI=1S/C16H19N3O3/c1-2-14(20-6-1)10-19-11-16(12-19)8-13(3-7-21-16)22-15-9-17-4-5-18-15/h1-2,4-6,9,13H,3,7-8,10-12H2/t13-/m0/s1. The molecule has 0 N–H and O–H groups in total. The Morgan fingerprint density at radius 1 is 1.36 bits per heavy atom. The van der Waals surface area contributed by atoms with E-state index in [2.05, 4.69) is 14.9 Å². The molecule has 2 aromatic heterocycles. The van der Waals surface area contributed by atoms with E-state index in [1.54, 1.807) is 24.9 Å². The Labute approximate surface area is 129 Å². The second-order valence-electron chi connectivity index (χ2n) is 6.03. The third kappa shape index (κ3) is 2.84. The van der Waals surface area contributed by atoms with Gasteiger partial charge < -0.3 is 13.9 Å². The molecular formula is C16H19N3O3. The second-order valence-corrected chi connectivity index (χ2v) is 6.03. The molecule has 0 unspecified atom stereocenters. The van der Waals surface area contributed by atoms with E-state index < -0.39 is 0 Å². The Morgan fingerprint density at radius 2 is 2.32 bits per heavy atom. The summed E-state index contributed by atoms with van der Waals surface area (Å²) in [5.74, 6) is 1.59. The van der Waals surface area contributed by atoms with Gasteiger partial charge in [0, 0.05) is 38.3 Å². The number of rotatable bonds is 4. The van der Waals surface area contributed by atoms with Crippen molar-refractivity contribution in [1.82, 2.24) is 14.9 Å². The summed E-state index contributed by atoms with van der Waals surface area (Å²) >= 11 is 0. The Kier molecular flexibility index (Phi) is 3.56. The van der Waals surface area contributed by atoms with Gasteiger partial charge in [0.05, 0.1) is 31.2 Å². The lowest BCUT2D eigenvalue weighted by atomic mass is 9.84. The summed E-state index contributed by atoms with van der Waals surface area (Å²) in [4.78, 5) is 10.6. The SMILES string of the molecule is c1coc(CN2CC3(C[C@@H](Oc4cnccn4)CCO3)C2)c1. The number of hydrogen-bond donors (Lipinski definition) is 0. The van der Waals surface area contributed by atoms with Crippen LogP contribution in [0.2, 0.25) is 0 Å². The molecule has 2 aliphatic heterocycles. The van der Waals surface area contributed by atoms with Gasteiger partial charge in [-0.25, -0.2) is 4.98 Å². The van der Waals surface area contributed by atoms with Gasteiger partial charge in [0.25, 0.3) is 0 Å². The minimum atomic E-state index is -0.0717. The molecule has 0 aromatic carbocycles. The van der Waals surface area contributed by atoms with Crippen LogP contribution in [-0.4, -0.2) is 46.3 Å². The fraction of sp³-hybridized carbons (Fsp3) is 0.500. The molecule has 1 atom stereocenters. The molecule has 116 valence electrons. The predicted molar refractivity (Wildman–Crippen MR) is 78.4 cm³/mol. The highest BCUT2D eigenvalue weighted by Gasteiger charge is 2.48. The molecule has 0 aliphatic carbocycles. The average molecular weight is 301 g/mol. The van der Waals surface area contributed by atoms with Crippen LogP contribution in [0.3, 0.4) is 0 Å². The maximum atomic E-state index is 6.03. The summed E-state index contributed by atoms with van der Waals surface area (Å²) < 4.78 is 17.4. The number of hydrogen-bond acceptors (Lipinski definition) is 6. The lowest BCUT2D eigenvalue weighted by Gasteiger charge is -2.52. The Balaban J connectivity index is 1.32. The molecule has 4 rings (SSSR count). The monoisotopic (exact) mass is 301 g/mol. The van der Waals surface area contributed by atoms with Gasteiger partial charge in [-0.2, -0.15) is 0 Å². The van der Waals surface area contributed by atoms with Crippen LogP contribution in [0, 0.1) is 0 Å². The first-order chi connectivity index (χ1) is 10.8. The summed E-state index contributed by atoms with van der Waals surface area (Å²) in [6.45, 7) is 3.43. The van der Waals surface area contributed by atoms with Crippen molar-refractivity contribution >= 4 is 0 Å². The average Bonchev–Trinajstić information content (AvgIpc) is 3.00. The number of ether oxygens (including phenoxy) is 2. The van der Waals surface area contributed by atoms with Crippen LogP contribution in [0.25, 0.3) is 0 Å². The largest absolute Gasteiger partial charge is 0.473 e. The van der Waals surface area contributed by atoms with Crippen molar-refractivity contribution in [2.24, 2.45) is 0 Å². The fourth-order valence-electron chi connectivity index (χ4n) is 3.32. The van der Waals surface area contributed by atoms with Crippen molar-refractivity contribution in [3.05, 3.63) is 42.7 Å². The summed E-state index contributed by atoms with van der Waals surface area (Å²) in [7, 11) is 0. The van der Waals surface area contributed by atoms with Gasteiger partial charge in [-0.15, -0.1) is 0 Å². The molecule has 1 spiro atoms. The number of nitrogens with zero attached hydrogens (tertiary/aromatic N) is 3. The highest BCUT2D eigenvalue weighted by Crippen LogP contribution is 2.36. The zero-order chi connectivity index (χ0) is 14.8. The van der Waals surface area contributed by atoms with E-state index in [1.165, 1.54) is 0 Å². The zero-order valence-electron chi connectivity index (χ0n) is 12.4. The third-order valence-corrected chi connectivity index (χ3v) is 4.26. The third-order valence-electron chi connectivity index (χ3n) is 4.26. The molecule has 0 amide bonds. The summed E-state index contributed by atoms with van der Waals surface area (Å²) in [5, 5.41) is 0. The molecule has 2 aromatic rings. The summed E-state index contributed by atoms with van der Waals surface area (Å²) in [6, 6.07) is 3.93.